The lowest BCUT2D eigenvalue weighted by Gasteiger charge is -2.29. The van der Waals surface area contributed by atoms with Crippen LogP contribution in [0.25, 0.3) is 0 Å². The number of benzene rings is 1. The molecule has 1 aliphatic carbocycles. The molecular weight excluding hydrogens is 301 g/mol. The first-order valence-electron chi connectivity index (χ1n) is 6.70. The number of rotatable bonds is 4. The molecule has 1 fully saturated rings. The van der Waals surface area contributed by atoms with E-state index in [0.29, 0.717) is 16.1 Å². The highest BCUT2D eigenvalue weighted by Gasteiger charge is 2.26. The Morgan fingerprint density at radius 1 is 1.32 bits per heavy atom. The fourth-order valence-electron chi connectivity index (χ4n) is 2.61. The normalized spacial score (nSPS) is 25.2. The topological polar surface area (TPSA) is 29.1 Å². The van der Waals surface area contributed by atoms with Crippen molar-refractivity contribution in [3.63, 3.8) is 0 Å². The third-order valence-electron chi connectivity index (χ3n) is 3.55. The fraction of sp³-hybridized carbons (Fsp3) is 0.571. The number of hydrogen-bond donors (Lipinski definition) is 1. The molecule has 0 heterocycles. The molecule has 3 unspecified atom stereocenters. The van der Waals surface area contributed by atoms with Crippen molar-refractivity contribution in [3.05, 3.63) is 28.2 Å². The maximum atomic E-state index is 12.6. The van der Waals surface area contributed by atoms with Crippen molar-refractivity contribution < 1.29 is 4.21 Å². The minimum Gasteiger partial charge on any atom is -0.314 e. The van der Waals surface area contributed by atoms with Crippen LogP contribution in [0.2, 0.25) is 10.0 Å². The molecule has 0 spiro atoms. The predicted octanol–water partition coefficient (Wildman–Crippen LogP) is 4.02. The molecule has 0 aliphatic heterocycles. The lowest BCUT2D eigenvalue weighted by Crippen LogP contribution is -2.37. The van der Waals surface area contributed by atoms with Gasteiger partial charge in [-0.15, -0.1) is 0 Å². The molecule has 1 saturated carbocycles. The zero-order valence-corrected chi connectivity index (χ0v) is 13.3. The Kier molecular flexibility index (Phi) is 5.70. The molecule has 1 aromatic rings. The highest BCUT2D eigenvalue weighted by atomic mass is 35.5. The predicted molar refractivity (Wildman–Crippen MR) is 82.6 cm³/mol. The van der Waals surface area contributed by atoms with Crippen molar-refractivity contribution >= 4 is 34.0 Å². The van der Waals surface area contributed by atoms with Gasteiger partial charge in [-0.25, -0.2) is 0 Å². The molecule has 3 atom stereocenters. The Bertz CT molecular complexity index is 465. The minimum atomic E-state index is -0.996. The van der Waals surface area contributed by atoms with E-state index in [9.17, 15) is 4.21 Å². The van der Waals surface area contributed by atoms with Crippen LogP contribution in [0.5, 0.6) is 0 Å². The molecule has 0 aromatic heterocycles. The third kappa shape index (κ3) is 3.94. The van der Waals surface area contributed by atoms with E-state index in [2.05, 4.69) is 12.2 Å². The van der Waals surface area contributed by atoms with Crippen LogP contribution in [-0.2, 0) is 10.8 Å². The molecule has 0 radical (unpaired) electrons. The van der Waals surface area contributed by atoms with Crippen molar-refractivity contribution in [2.24, 2.45) is 0 Å². The van der Waals surface area contributed by atoms with Crippen molar-refractivity contribution in [1.29, 1.82) is 0 Å². The minimum absolute atomic E-state index is 0.218. The molecule has 106 valence electrons. The monoisotopic (exact) mass is 319 g/mol. The molecule has 0 amide bonds. The summed E-state index contributed by atoms with van der Waals surface area (Å²) in [5, 5.41) is 4.67. The summed E-state index contributed by atoms with van der Waals surface area (Å²) in [6, 6.07) is 5.77. The van der Waals surface area contributed by atoms with Gasteiger partial charge in [0.1, 0.15) is 0 Å². The van der Waals surface area contributed by atoms with E-state index in [1.807, 2.05) is 6.07 Å². The third-order valence-corrected chi connectivity index (χ3v) is 6.04. The summed E-state index contributed by atoms with van der Waals surface area (Å²) in [6.45, 7) is 3.08. The Morgan fingerprint density at radius 2 is 2.11 bits per heavy atom. The van der Waals surface area contributed by atoms with Crippen LogP contribution in [-0.4, -0.2) is 22.0 Å². The first-order valence-corrected chi connectivity index (χ1v) is 8.67. The van der Waals surface area contributed by atoms with Crippen molar-refractivity contribution in [3.8, 4) is 0 Å². The van der Waals surface area contributed by atoms with Crippen LogP contribution >= 0.6 is 23.2 Å². The zero-order valence-electron chi connectivity index (χ0n) is 11.0. The van der Waals surface area contributed by atoms with E-state index in [1.165, 1.54) is 6.42 Å². The van der Waals surface area contributed by atoms with Gasteiger partial charge in [0.05, 0.1) is 20.8 Å². The van der Waals surface area contributed by atoms with Crippen LogP contribution in [0.15, 0.2) is 23.1 Å². The Hall–Kier alpha value is -0.0900. The van der Waals surface area contributed by atoms with Gasteiger partial charge in [0.25, 0.3) is 0 Å². The van der Waals surface area contributed by atoms with Gasteiger partial charge in [0.15, 0.2) is 0 Å². The molecule has 5 heteroatoms. The molecule has 19 heavy (non-hydrogen) atoms. The first kappa shape index (κ1) is 15.3. The maximum Gasteiger partial charge on any atom is 0.0604 e. The van der Waals surface area contributed by atoms with E-state index in [0.717, 1.165) is 30.7 Å². The molecule has 2 nitrogen and oxygen atoms in total. The number of hydrogen-bond acceptors (Lipinski definition) is 2. The zero-order chi connectivity index (χ0) is 13.8. The highest BCUT2D eigenvalue weighted by Crippen LogP contribution is 2.29. The molecule has 0 saturated heterocycles. The lowest BCUT2D eigenvalue weighted by atomic mass is 9.95. The van der Waals surface area contributed by atoms with Gasteiger partial charge >= 0.3 is 0 Å². The van der Waals surface area contributed by atoms with Crippen LogP contribution in [0.4, 0.5) is 0 Å². The van der Waals surface area contributed by atoms with E-state index in [-0.39, 0.29) is 5.25 Å². The quantitative estimate of drug-likeness (QED) is 0.908. The SMILES string of the molecule is CCNC1CCCC(S(=O)c2ccc(Cl)c(Cl)c2)C1. The second-order valence-corrected chi connectivity index (χ2v) is 7.46. The molecular formula is C14H19Cl2NOS. The Balaban J connectivity index is 2.08. The van der Waals surface area contributed by atoms with Gasteiger partial charge in [-0.2, -0.15) is 0 Å². The van der Waals surface area contributed by atoms with E-state index < -0.39 is 10.8 Å². The first-order chi connectivity index (χ1) is 9.11. The lowest BCUT2D eigenvalue weighted by molar-refractivity contribution is 0.383. The van der Waals surface area contributed by atoms with Crippen molar-refractivity contribution in [2.75, 3.05) is 6.54 Å². The summed E-state index contributed by atoms with van der Waals surface area (Å²) in [6.07, 6.45) is 4.31. The molecule has 0 bridgehead atoms. The average Bonchev–Trinajstić information content (AvgIpc) is 2.42. The van der Waals surface area contributed by atoms with Gasteiger partial charge in [-0.3, -0.25) is 4.21 Å². The van der Waals surface area contributed by atoms with E-state index in [1.54, 1.807) is 12.1 Å². The Morgan fingerprint density at radius 3 is 2.79 bits per heavy atom. The maximum absolute atomic E-state index is 12.6. The number of halogens is 2. The summed E-state index contributed by atoms with van der Waals surface area (Å²) in [5.41, 5.74) is 0. The van der Waals surface area contributed by atoms with Gasteiger partial charge in [0.2, 0.25) is 0 Å². The van der Waals surface area contributed by atoms with Crippen LogP contribution in [0.1, 0.15) is 32.6 Å². The molecule has 1 N–H and O–H groups in total. The van der Waals surface area contributed by atoms with Gasteiger partial charge in [-0.05, 0) is 44.0 Å². The van der Waals surface area contributed by atoms with Crippen molar-refractivity contribution in [1.82, 2.24) is 5.32 Å². The largest absolute Gasteiger partial charge is 0.314 e. The van der Waals surface area contributed by atoms with Crippen LogP contribution < -0.4 is 5.32 Å². The summed E-state index contributed by atoms with van der Waals surface area (Å²) >= 11 is 11.9. The highest BCUT2D eigenvalue weighted by molar-refractivity contribution is 7.85. The standard InChI is InChI=1S/C14H19Cl2NOS/c1-2-17-10-4-3-5-11(8-10)19(18)12-6-7-13(15)14(16)9-12/h6-7,9-11,17H,2-5,8H2,1H3. The van der Waals surface area contributed by atoms with Crippen LogP contribution in [0, 0.1) is 0 Å². The summed E-state index contributed by atoms with van der Waals surface area (Å²) in [7, 11) is -0.996. The van der Waals surface area contributed by atoms with Crippen LogP contribution in [0.3, 0.4) is 0 Å². The molecule has 1 aliphatic rings. The van der Waals surface area contributed by atoms with E-state index in [4.69, 9.17) is 23.2 Å². The van der Waals surface area contributed by atoms with Gasteiger partial charge in [-0.1, -0.05) is 36.5 Å². The Labute approximate surface area is 127 Å². The second kappa shape index (κ2) is 7.07. The average molecular weight is 320 g/mol. The molecule has 1 aromatic carbocycles. The van der Waals surface area contributed by atoms with Gasteiger partial charge in [0, 0.05) is 16.2 Å². The van der Waals surface area contributed by atoms with Crippen molar-refractivity contribution in [2.45, 2.75) is 48.8 Å². The summed E-state index contributed by atoms with van der Waals surface area (Å²) in [4.78, 5) is 0.788. The van der Waals surface area contributed by atoms with Gasteiger partial charge < -0.3 is 5.32 Å². The fourth-order valence-corrected chi connectivity index (χ4v) is 4.58. The summed E-state index contributed by atoms with van der Waals surface area (Å²) in [5.74, 6) is 0. The number of nitrogens with one attached hydrogen (secondary N) is 1. The molecule has 2 rings (SSSR count). The summed E-state index contributed by atoms with van der Waals surface area (Å²) < 4.78 is 12.6. The van der Waals surface area contributed by atoms with E-state index >= 15 is 0 Å². The smallest absolute Gasteiger partial charge is 0.0604 e. The second-order valence-electron chi connectivity index (χ2n) is 4.92.